The predicted octanol–water partition coefficient (Wildman–Crippen LogP) is 3.28. The van der Waals surface area contributed by atoms with Crippen molar-refractivity contribution in [3.05, 3.63) is 48.8 Å². The van der Waals surface area contributed by atoms with Crippen molar-refractivity contribution in [1.29, 1.82) is 0 Å². The standard InChI is InChI=1S/C15H17N3O/c1-11(2)17-15(19)18-14-8-4-3-7-13(14)12-6-5-9-16-10-12/h3-11H,1-2H3,(H2,17,18,19). The maximum atomic E-state index is 11.8. The van der Waals surface area contributed by atoms with Crippen LogP contribution in [-0.4, -0.2) is 17.1 Å². The quantitative estimate of drug-likeness (QED) is 0.884. The fourth-order valence-corrected chi connectivity index (χ4v) is 1.79. The van der Waals surface area contributed by atoms with Crippen molar-refractivity contribution in [2.24, 2.45) is 0 Å². The third kappa shape index (κ3) is 3.55. The van der Waals surface area contributed by atoms with Gasteiger partial charge in [-0.3, -0.25) is 4.98 Å². The van der Waals surface area contributed by atoms with Gasteiger partial charge in [-0.25, -0.2) is 4.79 Å². The van der Waals surface area contributed by atoms with Gasteiger partial charge in [0, 0.05) is 29.6 Å². The fraction of sp³-hybridized carbons (Fsp3) is 0.200. The molecule has 98 valence electrons. The van der Waals surface area contributed by atoms with Gasteiger partial charge in [-0.05, 0) is 26.0 Å². The molecule has 1 aromatic carbocycles. The average molecular weight is 255 g/mol. The minimum Gasteiger partial charge on any atom is -0.336 e. The van der Waals surface area contributed by atoms with Gasteiger partial charge in [0.1, 0.15) is 0 Å². The van der Waals surface area contributed by atoms with Crippen molar-refractivity contribution in [1.82, 2.24) is 10.3 Å². The third-order valence-corrected chi connectivity index (χ3v) is 2.57. The Morgan fingerprint density at radius 2 is 1.95 bits per heavy atom. The number of amides is 2. The van der Waals surface area contributed by atoms with Gasteiger partial charge in [-0.1, -0.05) is 24.3 Å². The van der Waals surface area contributed by atoms with Crippen LogP contribution in [0, 0.1) is 0 Å². The molecule has 0 bridgehead atoms. The number of nitrogens with one attached hydrogen (secondary N) is 2. The lowest BCUT2D eigenvalue weighted by atomic mass is 10.1. The number of carbonyl (C=O) groups excluding carboxylic acids is 1. The molecule has 4 nitrogen and oxygen atoms in total. The van der Waals surface area contributed by atoms with Crippen LogP contribution >= 0.6 is 0 Å². The molecule has 0 saturated carbocycles. The van der Waals surface area contributed by atoms with Gasteiger partial charge in [-0.15, -0.1) is 0 Å². The second-order valence-corrected chi connectivity index (χ2v) is 4.54. The summed E-state index contributed by atoms with van der Waals surface area (Å²) in [6.45, 7) is 3.85. The molecule has 1 heterocycles. The Bertz CT molecular complexity index is 552. The molecule has 4 heteroatoms. The van der Waals surface area contributed by atoms with Crippen LogP contribution in [-0.2, 0) is 0 Å². The topological polar surface area (TPSA) is 54.0 Å². The Morgan fingerprint density at radius 1 is 1.16 bits per heavy atom. The van der Waals surface area contributed by atoms with Gasteiger partial charge < -0.3 is 10.6 Å². The Labute approximate surface area is 112 Å². The van der Waals surface area contributed by atoms with Crippen LogP contribution in [0.25, 0.3) is 11.1 Å². The summed E-state index contributed by atoms with van der Waals surface area (Å²) in [6, 6.07) is 11.4. The van der Waals surface area contributed by atoms with E-state index in [1.807, 2.05) is 50.2 Å². The zero-order valence-corrected chi connectivity index (χ0v) is 11.1. The van der Waals surface area contributed by atoms with Crippen molar-refractivity contribution in [2.45, 2.75) is 19.9 Å². The number of benzene rings is 1. The first kappa shape index (κ1) is 13.1. The van der Waals surface area contributed by atoms with Crippen LogP contribution in [0.1, 0.15) is 13.8 Å². The minimum absolute atomic E-state index is 0.102. The molecule has 0 aliphatic carbocycles. The summed E-state index contributed by atoms with van der Waals surface area (Å²) in [7, 11) is 0. The maximum absolute atomic E-state index is 11.8. The smallest absolute Gasteiger partial charge is 0.319 e. The average Bonchev–Trinajstić information content (AvgIpc) is 2.39. The molecule has 1 aromatic heterocycles. The lowest BCUT2D eigenvalue weighted by Crippen LogP contribution is -2.34. The van der Waals surface area contributed by atoms with E-state index in [0.29, 0.717) is 0 Å². The van der Waals surface area contributed by atoms with E-state index in [-0.39, 0.29) is 12.1 Å². The van der Waals surface area contributed by atoms with E-state index < -0.39 is 0 Å². The summed E-state index contributed by atoms with van der Waals surface area (Å²) in [6.07, 6.45) is 3.51. The number of hydrogen-bond donors (Lipinski definition) is 2. The Kier molecular flexibility index (Phi) is 4.13. The first-order valence-corrected chi connectivity index (χ1v) is 6.24. The molecular formula is C15H17N3O. The molecule has 2 N–H and O–H groups in total. The highest BCUT2D eigenvalue weighted by Gasteiger charge is 2.08. The lowest BCUT2D eigenvalue weighted by Gasteiger charge is -2.13. The van der Waals surface area contributed by atoms with Gasteiger partial charge in [0.2, 0.25) is 0 Å². The van der Waals surface area contributed by atoms with E-state index in [4.69, 9.17) is 0 Å². The summed E-state index contributed by atoms with van der Waals surface area (Å²) >= 11 is 0. The summed E-state index contributed by atoms with van der Waals surface area (Å²) in [5, 5.41) is 5.67. The second kappa shape index (κ2) is 6.00. The highest BCUT2D eigenvalue weighted by molar-refractivity contribution is 5.94. The number of pyridine rings is 1. The minimum atomic E-state index is -0.202. The van der Waals surface area contributed by atoms with Gasteiger partial charge in [0.25, 0.3) is 0 Å². The van der Waals surface area contributed by atoms with Gasteiger partial charge >= 0.3 is 6.03 Å². The van der Waals surface area contributed by atoms with Crippen molar-refractivity contribution >= 4 is 11.7 Å². The van der Waals surface area contributed by atoms with Crippen LogP contribution in [0.5, 0.6) is 0 Å². The van der Waals surface area contributed by atoms with Crippen molar-refractivity contribution in [3.63, 3.8) is 0 Å². The summed E-state index contributed by atoms with van der Waals surface area (Å²) in [5.74, 6) is 0. The monoisotopic (exact) mass is 255 g/mol. The number of hydrogen-bond acceptors (Lipinski definition) is 2. The molecule has 2 rings (SSSR count). The van der Waals surface area contributed by atoms with Crippen LogP contribution in [0.3, 0.4) is 0 Å². The normalized spacial score (nSPS) is 10.3. The molecule has 0 fully saturated rings. The molecule has 0 atom stereocenters. The lowest BCUT2D eigenvalue weighted by molar-refractivity contribution is 0.250. The van der Waals surface area contributed by atoms with E-state index in [1.54, 1.807) is 12.4 Å². The second-order valence-electron chi connectivity index (χ2n) is 4.54. The van der Waals surface area contributed by atoms with Crippen LogP contribution in [0.2, 0.25) is 0 Å². The van der Waals surface area contributed by atoms with Gasteiger partial charge in [-0.2, -0.15) is 0 Å². The molecule has 19 heavy (non-hydrogen) atoms. The van der Waals surface area contributed by atoms with Crippen LogP contribution < -0.4 is 10.6 Å². The summed E-state index contributed by atoms with van der Waals surface area (Å²) < 4.78 is 0. The van der Waals surface area contributed by atoms with E-state index in [2.05, 4.69) is 15.6 Å². The number of urea groups is 1. The number of nitrogens with zero attached hydrogens (tertiary/aromatic N) is 1. The zero-order chi connectivity index (χ0) is 13.7. The number of aromatic nitrogens is 1. The Balaban J connectivity index is 2.25. The number of rotatable bonds is 3. The first-order valence-electron chi connectivity index (χ1n) is 6.24. The molecular weight excluding hydrogens is 238 g/mol. The molecule has 0 unspecified atom stereocenters. The van der Waals surface area contributed by atoms with Crippen molar-refractivity contribution < 1.29 is 4.79 Å². The van der Waals surface area contributed by atoms with Gasteiger partial charge in [0.05, 0.1) is 5.69 Å². The Morgan fingerprint density at radius 3 is 2.63 bits per heavy atom. The van der Waals surface area contributed by atoms with Crippen molar-refractivity contribution in [3.8, 4) is 11.1 Å². The molecule has 0 aliphatic rings. The highest BCUT2D eigenvalue weighted by Crippen LogP contribution is 2.26. The Hall–Kier alpha value is -2.36. The van der Waals surface area contributed by atoms with E-state index >= 15 is 0 Å². The van der Waals surface area contributed by atoms with Crippen LogP contribution in [0.15, 0.2) is 48.8 Å². The van der Waals surface area contributed by atoms with Crippen molar-refractivity contribution in [2.75, 3.05) is 5.32 Å². The highest BCUT2D eigenvalue weighted by atomic mass is 16.2. The molecule has 0 aliphatic heterocycles. The molecule has 2 aromatic rings. The van der Waals surface area contributed by atoms with Crippen LogP contribution in [0.4, 0.5) is 10.5 Å². The largest absolute Gasteiger partial charge is 0.336 e. The predicted molar refractivity (Wildman–Crippen MR) is 77.0 cm³/mol. The zero-order valence-electron chi connectivity index (χ0n) is 11.1. The van der Waals surface area contributed by atoms with E-state index in [0.717, 1.165) is 16.8 Å². The first-order chi connectivity index (χ1) is 9.16. The number of anilines is 1. The third-order valence-electron chi connectivity index (χ3n) is 2.57. The maximum Gasteiger partial charge on any atom is 0.319 e. The molecule has 0 saturated heterocycles. The van der Waals surface area contributed by atoms with E-state index in [9.17, 15) is 4.79 Å². The molecule has 2 amide bonds. The fourth-order valence-electron chi connectivity index (χ4n) is 1.79. The van der Waals surface area contributed by atoms with E-state index in [1.165, 1.54) is 0 Å². The SMILES string of the molecule is CC(C)NC(=O)Nc1ccccc1-c1cccnc1. The number of carbonyl (C=O) groups is 1. The summed E-state index contributed by atoms with van der Waals surface area (Å²) in [5.41, 5.74) is 2.70. The number of para-hydroxylation sites is 1. The van der Waals surface area contributed by atoms with Gasteiger partial charge in [0.15, 0.2) is 0 Å². The molecule has 0 radical (unpaired) electrons. The summed E-state index contributed by atoms with van der Waals surface area (Å²) in [4.78, 5) is 15.9. The molecule has 0 spiro atoms.